The van der Waals surface area contributed by atoms with Gasteiger partial charge in [-0.1, -0.05) is 32.4 Å². The van der Waals surface area contributed by atoms with E-state index in [-0.39, 0.29) is 0 Å². The molecule has 74 valence electrons. The van der Waals surface area contributed by atoms with Gasteiger partial charge >= 0.3 is 0 Å². The fourth-order valence-electron chi connectivity index (χ4n) is 3.37. The molecule has 0 aromatic carbocycles. The average molecular weight is 178 g/mol. The molecule has 0 spiro atoms. The molecule has 13 heavy (non-hydrogen) atoms. The molecular formula is C13H22. The van der Waals surface area contributed by atoms with Gasteiger partial charge in [-0.2, -0.15) is 0 Å². The van der Waals surface area contributed by atoms with Crippen LogP contribution in [0.2, 0.25) is 0 Å². The van der Waals surface area contributed by atoms with Crippen LogP contribution in [0.1, 0.15) is 46.0 Å². The molecule has 0 heterocycles. The lowest BCUT2D eigenvalue weighted by atomic mass is 9.62. The van der Waals surface area contributed by atoms with E-state index in [1.54, 1.807) is 5.57 Å². The Morgan fingerprint density at radius 2 is 1.92 bits per heavy atom. The number of rotatable bonds is 0. The minimum Gasteiger partial charge on any atom is -0.0996 e. The maximum Gasteiger partial charge on any atom is -0.0172 e. The minimum atomic E-state index is 0.882. The van der Waals surface area contributed by atoms with Gasteiger partial charge < -0.3 is 0 Å². The van der Waals surface area contributed by atoms with Crippen LogP contribution < -0.4 is 0 Å². The van der Waals surface area contributed by atoms with E-state index in [0.717, 1.165) is 23.7 Å². The zero-order chi connectivity index (χ0) is 9.42. The highest BCUT2D eigenvalue weighted by Crippen LogP contribution is 2.47. The fraction of sp³-hybridized carbons (Fsp3) is 0.846. The van der Waals surface area contributed by atoms with Crippen LogP contribution in [0.15, 0.2) is 12.2 Å². The Kier molecular flexibility index (Phi) is 2.49. The van der Waals surface area contributed by atoms with Crippen LogP contribution in [-0.2, 0) is 0 Å². The van der Waals surface area contributed by atoms with Crippen molar-refractivity contribution in [1.29, 1.82) is 0 Å². The van der Waals surface area contributed by atoms with Gasteiger partial charge in [0, 0.05) is 0 Å². The zero-order valence-corrected chi connectivity index (χ0v) is 9.05. The SMILES string of the molecule is C=C1CCC(C)[C@H]2CC[C@H](C)C[C@H]12. The van der Waals surface area contributed by atoms with Gasteiger partial charge in [-0.15, -0.1) is 0 Å². The summed E-state index contributed by atoms with van der Waals surface area (Å²) in [5.74, 6) is 3.77. The first kappa shape index (κ1) is 9.30. The predicted octanol–water partition coefficient (Wildman–Crippen LogP) is 4.02. The zero-order valence-electron chi connectivity index (χ0n) is 9.05. The average Bonchev–Trinajstić information content (AvgIpc) is 2.12. The smallest absolute Gasteiger partial charge is 0.0172 e. The molecule has 0 bridgehead atoms. The van der Waals surface area contributed by atoms with Gasteiger partial charge in [0.1, 0.15) is 0 Å². The fourth-order valence-corrected chi connectivity index (χ4v) is 3.37. The van der Waals surface area contributed by atoms with E-state index in [1.807, 2.05) is 0 Å². The molecular weight excluding hydrogens is 156 g/mol. The first-order valence-electron chi connectivity index (χ1n) is 5.86. The van der Waals surface area contributed by atoms with Crippen LogP contribution in [0.25, 0.3) is 0 Å². The Labute approximate surface area is 82.4 Å². The monoisotopic (exact) mass is 178 g/mol. The first-order valence-corrected chi connectivity index (χ1v) is 5.86. The van der Waals surface area contributed by atoms with E-state index in [2.05, 4.69) is 20.4 Å². The molecule has 0 heteroatoms. The predicted molar refractivity (Wildman–Crippen MR) is 57.5 cm³/mol. The molecule has 0 radical (unpaired) electrons. The maximum atomic E-state index is 4.27. The molecule has 0 nitrogen and oxygen atoms in total. The normalized spacial score (nSPS) is 45.8. The van der Waals surface area contributed by atoms with Crippen molar-refractivity contribution < 1.29 is 0 Å². The highest BCUT2D eigenvalue weighted by molar-refractivity contribution is 5.09. The summed E-state index contributed by atoms with van der Waals surface area (Å²) in [5, 5.41) is 0. The Balaban J connectivity index is 2.11. The van der Waals surface area contributed by atoms with Gasteiger partial charge in [-0.05, 0) is 49.4 Å². The molecule has 2 aliphatic rings. The summed E-state index contributed by atoms with van der Waals surface area (Å²) in [4.78, 5) is 0. The standard InChI is InChI=1S/C13H22/c1-9-4-7-12-10(2)5-6-11(3)13(12)8-9/h9-10,12-13H,3-8H2,1-2H3/t9-,10?,12+,13+/m0/s1. The third-order valence-corrected chi connectivity index (χ3v) is 4.34. The van der Waals surface area contributed by atoms with Gasteiger partial charge in [0.25, 0.3) is 0 Å². The molecule has 2 saturated carbocycles. The second-order valence-corrected chi connectivity index (χ2v) is 5.36. The van der Waals surface area contributed by atoms with Crippen molar-refractivity contribution in [3.8, 4) is 0 Å². The maximum absolute atomic E-state index is 4.27. The second kappa shape index (κ2) is 3.48. The van der Waals surface area contributed by atoms with Crippen LogP contribution in [0.4, 0.5) is 0 Å². The molecule has 0 N–H and O–H groups in total. The Bertz CT molecular complexity index is 204. The van der Waals surface area contributed by atoms with E-state index < -0.39 is 0 Å². The van der Waals surface area contributed by atoms with Crippen molar-refractivity contribution in [1.82, 2.24) is 0 Å². The Morgan fingerprint density at radius 1 is 1.15 bits per heavy atom. The minimum absolute atomic E-state index is 0.882. The van der Waals surface area contributed by atoms with E-state index in [0.29, 0.717) is 0 Å². The summed E-state index contributed by atoms with van der Waals surface area (Å²) in [5.41, 5.74) is 1.56. The van der Waals surface area contributed by atoms with E-state index in [1.165, 1.54) is 32.1 Å². The van der Waals surface area contributed by atoms with Crippen molar-refractivity contribution in [2.75, 3.05) is 0 Å². The highest BCUT2D eigenvalue weighted by atomic mass is 14.4. The van der Waals surface area contributed by atoms with Crippen LogP contribution in [0, 0.1) is 23.7 Å². The Hall–Kier alpha value is -0.260. The molecule has 0 aromatic rings. The molecule has 0 saturated heterocycles. The lowest BCUT2D eigenvalue weighted by Crippen LogP contribution is -2.33. The second-order valence-electron chi connectivity index (χ2n) is 5.36. The number of fused-ring (bicyclic) bond motifs is 1. The van der Waals surface area contributed by atoms with Crippen molar-refractivity contribution in [3.63, 3.8) is 0 Å². The summed E-state index contributed by atoms with van der Waals surface area (Å²) >= 11 is 0. The molecule has 1 unspecified atom stereocenters. The van der Waals surface area contributed by atoms with Crippen molar-refractivity contribution in [2.24, 2.45) is 23.7 Å². The quantitative estimate of drug-likeness (QED) is 0.491. The van der Waals surface area contributed by atoms with Crippen LogP contribution in [0.3, 0.4) is 0 Å². The van der Waals surface area contributed by atoms with Crippen LogP contribution in [-0.4, -0.2) is 0 Å². The Morgan fingerprint density at radius 3 is 2.69 bits per heavy atom. The topological polar surface area (TPSA) is 0 Å². The summed E-state index contributed by atoms with van der Waals surface area (Å²) in [6, 6.07) is 0. The first-order chi connectivity index (χ1) is 6.18. The number of allylic oxidation sites excluding steroid dienone is 1. The van der Waals surface area contributed by atoms with Crippen molar-refractivity contribution in [2.45, 2.75) is 46.0 Å². The van der Waals surface area contributed by atoms with Crippen LogP contribution >= 0.6 is 0 Å². The lowest BCUT2D eigenvalue weighted by molar-refractivity contribution is 0.130. The van der Waals surface area contributed by atoms with Gasteiger partial charge in [-0.25, -0.2) is 0 Å². The van der Waals surface area contributed by atoms with Crippen LogP contribution in [0.5, 0.6) is 0 Å². The third kappa shape index (κ3) is 1.68. The molecule has 2 aliphatic carbocycles. The molecule has 2 rings (SSSR count). The number of hydrogen-bond donors (Lipinski definition) is 0. The summed E-state index contributed by atoms with van der Waals surface area (Å²) in [7, 11) is 0. The molecule has 0 aromatic heterocycles. The summed E-state index contributed by atoms with van der Waals surface area (Å²) in [6.45, 7) is 9.12. The van der Waals surface area contributed by atoms with E-state index in [9.17, 15) is 0 Å². The van der Waals surface area contributed by atoms with E-state index in [4.69, 9.17) is 0 Å². The highest BCUT2D eigenvalue weighted by Gasteiger charge is 2.36. The van der Waals surface area contributed by atoms with Gasteiger partial charge in [0.2, 0.25) is 0 Å². The largest absolute Gasteiger partial charge is 0.0996 e. The summed E-state index contributed by atoms with van der Waals surface area (Å²) < 4.78 is 0. The summed E-state index contributed by atoms with van der Waals surface area (Å²) in [6.07, 6.45) is 7.04. The molecule has 4 atom stereocenters. The van der Waals surface area contributed by atoms with Crippen molar-refractivity contribution in [3.05, 3.63) is 12.2 Å². The van der Waals surface area contributed by atoms with Crippen molar-refractivity contribution >= 4 is 0 Å². The molecule has 0 amide bonds. The van der Waals surface area contributed by atoms with Gasteiger partial charge in [0.15, 0.2) is 0 Å². The lowest BCUT2D eigenvalue weighted by Gasteiger charge is -2.43. The van der Waals surface area contributed by atoms with Gasteiger partial charge in [0.05, 0.1) is 0 Å². The third-order valence-electron chi connectivity index (χ3n) is 4.34. The van der Waals surface area contributed by atoms with Gasteiger partial charge in [-0.3, -0.25) is 0 Å². The molecule has 0 aliphatic heterocycles. The molecule has 2 fully saturated rings. The number of hydrogen-bond acceptors (Lipinski definition) is 0. The van der Waals surface area contributed by atoms with E-state index >= 15 is 0 Å².